The topological polar surface area (TPSA) is 199 Å². The summed E-state index contributed by atoms with van der Waals surface area (Å²) >= 11 is 0. The minimum Gasteiger partial charge on any atom is -0.481 e. The number of carbonyl (C=O) groups excluding carboxylic acids is 4. The quantitative estimate of drug-likeness (QED) is 0.179. The van der Waals surface area contributed by atoms with Gasteiger partial charge in [0.2, 0.25) is 11.8 Å². The zero-order chi connectivity index (χ0) is 30.6. The van der Waals surface area contributed by atoms with Gasteiger partial charge >= 0.3 is 18.0 Å². The van der Waals surface area contributed by atoms with Crippen LogP contribution in [0.5, 0.6) is 0 Å². The first kappa shape index (κ1) is 31.7. The van der Waals surface area contributed by atoms with Crippen molar-refractivity contribution in [1.82, 2.24) is 20.4 Å². The van der Waals surface area contributed by atoms with Gasteiger partial charge in [-0.2, -0.15) is 0 Å². The molecule has 0 aliphatic carbocycles. The Labute approximate surface area is 242 Å². The number of hydrogen-bond acceptors (Lipinski definition) is 7. The predicted octanol–water partition coefficient (Wildman–Crippen LogP) is 0.893. The maximum atomic E-state index is 13.2. The number of nitrogens with zero attached hydrogens (tertiary/aromatic N) is 2. The highest BCUT2D eigenvalue weighted by Crippen LogP contribution is 2.22. The van der Waals surface area contributed by atoms with Gasteiger partial charge < -0.3 is 31.5 Å². The fourth-order valence-corrected chi connectivity index (χ4v) is 4.73. The number of carboxylic acids is 2. The van der Waals surface area contributed by atoms with Gasteiger partial charge in [-0.25, -0.2) is 9.59 Å². The van der Waals surface area contributed by atoms with Gasteiger partial charge in [-0.05, 0) is 43.4 Å². The molecule has 3 unspecified atom stereocenters. The van der Waals surface area contributed by atoms with E-state index in [4.69, 9.17) is 5.73 Å². The van der Waals surface area contributed by atoms with Crippen molar-refractivity contribution in [2.75, 3.05) is 19.6 Å². The van der Waals surface area contributed by atoms with E-state index in [0.717, 1.165) is 10.5 Å². The molecule has 3 atom stereocenters. The summed E-state index contributed by atoms with van der Waals surface area (Å²) in [7, 11) is 0. The third kappa shape index (κ3) is 8.61. The van der Waals surface area contributed by atoms with E-state index < -0.39 is 66.8 Å². The van der Waals surface area contributed by atoms with Crippen LogP contribution in [0.2, 0.25) is 0 Å². The maximum absolute atomic E-state index is 13.2. The SMILES string of the molecule is NCCCC1C(=O)N(CC(=O)NC(CC(=O)O)C(=O)NC(C(=O)O)c2ccccc2)C(=O)N1CCCc1ccccc1. The number of amides is 5. The summed E-state index contributed by atoms with van der Waals surface area (Å²) in [6, 6.07) is 12.8. The zero-order valence-electron chi connectivity index (χ0n) is 23.0. The normalized spacial score (nSPS) is 16.2. The first-order valence-corrected chi connectivity index (χ1v) is 13.6. The highest BCUT2D eigenvalue weighted by atomic mass is 16.4. The van der Waals surface area contributed by atoms with Crippen LogP contribution in [-0.2, 0) is 30.4 Å². The lowest BCUT2D eigenvalue weighted by Crippen LogP contribution is -2.52. The molecule has 1 fully saturated rings. The Hall–Kier alpha value is -4.78. The van der Waals surface area contributed by atoms with Crippen molar-refractivity contribution in [3.05, 3.63) is 71.8 Å². The van der Waals surface area contributed by atoms with E-state index >= 15 is 0 Å². The van der Waals surface area contributed by atoms with Crippen molar-refractivity contribution in [2.24, 2.45) is 5.73 Å². The number of aliphatic carboxylic acids is 2. The van der Waals surface area contributed by atoms with Crippen LogP contribution in [0, 0.1) is 0 Å². The van der Waals surface area contributed by atoms with Crippen molar-refractivity contribution in [3.8, 4) is 0 Å². The van der Waals surface area contributed by atoms with Crippen LogP contribution in [0.1, 0.15) is 42.9 Å². The molecule has 13 nitrogen and oxygen atoms in total. The molecule has 0 radical (unpaired) electrons. The fraction of sp³-hybridized carbons (Fsp3) is 0.379. The molecule has 0 spiro atoms. The fourth-order valence-electron chi connectivity index (χ4n) is 4.73. The minimum atomic E-state index is -1.66. The summed E-state index contributed by atoms with van der Waals surface area (Å²) in [6.45, 7) is -0.161. The monoisotopic (exact) mass is 581 g/mol. The van der Waals surface area contributed by atoms with Crippen LogP contribution < -0.4 is 16.4 Å². The van der Waals surface area contributed by atoms with E-state index in [2.05, 4.69) is 10.6 Å². The number of carbonyl (C=O) groups is 6. The number of aryl methyl sites for hydroxylation is 1. The molecule has 1 saturated heterocycles. The molecule has 1 aliphatic rings. The average Bonchev–Trinajstić information content (AvgIpc) is 3.18. The Kier molecular flexibility index (Phi) is 11.6. The van der Waals surface area contributed by atoms with E-state index in [1.165, 1.54) is 17.0 Å². The Morgan fingerprint density at radius 3 is 2.14 bits per heavy atom. The lowest BCUT2D eigenvalue weighted by Gasteiger charge is -2.22. The average molecular weight is 582 g/mol. The molecule has 5 amide bonds. The number of rotatable bonds is 16. The third-order valence-electron chi connectivity index (χ3n) is 6.79. The van der Waals surface area contributed by atoms with Gasteiger partial charge in [0.05, 0.1) is 6.42 Å². The second-order valence-corrected chi connectivity index (χ2v) is 9.84. The van der Waals surface area contributed by atoms with Gasteiger partial charge in [0, 0.05) is 6.54 Å². The largest absolute Gasteiger partial charge is 0.481 e. The number of imide groups is 1. The molecule has 2 aromatic carbocycles. The molecule has 224 valence electrons. The van der Waals surface area contributed by atoms with Crippen LogP contribution >= 0.6 is 0 Å². The number of nitrogens with one attached hydrogen (secondary N) is 2. The first-order chi connectivity index (χ1) is 20.1. The van der Waals surface area contributed by atoms with Gasteiger partial charge in [0.25, 0.3) is 5.91 Å². The van der Waals surface area contributed by atoms with Gasteiger partial charge in [0.15, 0.2) is 6.04 Å². The van der Waals surface area contributed by atoms with Crippen LogP contribution in [0.25, 0.3) is 0 Å². The van der Waals surface area contributed by atoms with Crippen molar-refractivity contribution in [1.29, 1.82) is 0 Å². The predicted molar refractivity (Wildman–Crippen MR) is 150 cm³/mol. The Bertz CT molecular complexity index is 1270. The van der Waals surface area contributed by atoms with Gasteiger partial charge in [-0.1, -0.05) is 60.7 Å². The molecular formula is C29H35N5O8. The lowest BCUT2D eigenvalue weighted by atomic mass is 10.1. The van der Waals surface area contributed by atoms with Crippen LogP contribution in [0.3, 0.4) is 0 Å². The van der Waals surface area contributed by atoms with Crippen molar-refractivity contribution in [2.45, 2.75) is 50.2 Å². The Morgan fingerprint density at radius 1 is 0.905 bits per heavy atom. The summed E-state index contributed by atoms with van der Waals surface area (Å²) in [5.74, 6) is -5.41. The molecule has 0 bridgehead atoms. The summed E-state index contributed by atoms with van der Waals surface area (Å²) < 4.78 is 0. The highest BCUT2D eigenvalue weighted by molar-refractivity contribution is 6.06. The Balaban J connectivity index is 1.68. The summed E-state index contributed by atoms with van der Waals surface area (Å²) in [5, 5.41) is 23.4. The van der Waals surface area contributed by atoms with Crippen LogP contribution in [-0.4, -0.2) is 87.4 Å². The molecule has 1 heterocycles. The van der Waals surface area contributed by atoms with Crippen molar-refractivity contribution < 1.29 is 39.0 Å². The van der Waals surface area contributed by atoms with E-state index in [1.54, 1.807) is 18.2 Å². The van der Waals surface area contributed by atoms with Crippen molar-refractivity contribution in [3.63, 3.8) is 0 Å². The Morgan fingerprint density at radius 2 is 1.55 bits per heavy atom. The molecule has 42 heavy (non-hydrogen) atoms. The van der Waals surface area contributed by atoms with E-state index in [-0.39, 0.29) is 12.1 Å². The second-order valence-electron chi connectivity index (χ2n) is 9.84. The van der Waals surface area contributed by atoms with Crippen LogP contribution in [0.4, 0.5) is 4.79 Å². The summed E-state index contributed by atoms with van der Waals surface area (Å²) in [6.07, 6.45) is 1.19. The lowest BCUT2D eigenvalue weighted by molar-refractivity contribution is -0.143. The molecule has 6 N–H and O–H groups in total. The molecule has 3 rings (SSSR count). The number of carboxylic acid groups (broad SMARTS) is 2. The number of urea groups is 1. The number of hydrogen-bond donors (Lipinski definition) is 5. The van der Waals surface area contributed by atoms with Crippen LogP contribution in [0.15, 0.2) is 60.7 Å². The molecule has 0 saturated carbocycles. The van der Waals surface area contributed by atoms with Gasteiger partial charge in [-0.3, -0.25) is 24.1 Å². The minimum absolute atomic E-state index is 0.239. The zero-order valence-corrected chi connectivity index (χ0v) is 23.0. The first-order valence-electron chi connectivity index (χ1n) is 13.6. The highest BCUT2D eigenvalue weighted by Gasteiger charge is 2.45. The second kappa shape index (κ2) is 15.3. The molecule has 13 heteroatoms. The summed E-state index contributed by atoms with van der Waals surface area (Å²) in [4.78, 5) is 77.6. The van der Waals surface area contributed by atoms with Gasteiger partial charge in [-0.15, -0.1) is 0 Å². The summed E-state index contributed by atoms with van der Waals surface area (Å²) in [5.41, 5.74) is 6.93. The molecule has 0 aromatic heterocycles. The maximum Gasteiger partial charge on any atom is 0.330 e. The van der Waals surface area contributed by atoms with Gasteiger partial charge in [0.1, 0.15) is 18.6 Å². The molecular weight excluding hydrogens is 546 g/mol. The smallest absolute Gasteiger partial charge is 0.330 e. The third-order valence-corrected chi connectivity index (χ3v) is 6.79. The molecule has 2 aromatic rings. The standard InChI is InChI=1S/C29H35N5O8/c30-15-7-14-22-27(39)34(29(42)33(22)16-8-11-19-9-3-1-4-10-19)18-23(35)31-21(17-24(36)37)26(38)32-25(28(40)41)20-12-5-2-6-13-20/h1-6,9-10,12-13,21-22,25H,7-8,11,14-18,30H2,(H,31,35)(H,32,38)(H,36,37)(H,40,41). The van der Waals surface area contributed by atoms with E-state index in [0.29, 0.717) is 32.2 Å². The van der Waals surface area contributed by atoms with Crippen molar-refractivity contribution >= 4 is 35.7 Å². The van der Waals surface area contributed by atoms with E-state index in [1.807, 2.05) is 30.3 Å². The van der Waals surface area contributed by atoms with E-state index in [9.17, 15) is 39.0 Å². The number of benzene rings is 2. The molecule has 1 aliphatic heterocycles. The number of nitrogens with two attached hydrogens (primary N) is 1.